The van der Waals surface area contributed by atoms with Gasteiger partial charge in [0.1, 0.15) is 18.0 Å². The van der Waals surface area contributed by atoms with E-state index in [2.05, 4.69) is 17.0 Å². The van der Waals surface area contributed by atoms with Gasteiger partial charge in [-0.3, -0.25) is 9.69 Å². The molecule has 4 rings (SSSR count). The highest BCUT2D eigenvalue weighted by atomic mass is 16.5. The van der Waals surface area contributed by atoms with Gasteiger partial charge in [-0.25, -0.2) is 0 Å². The van der Waals surface area contributed by atoms with Crippen LogP contribution in [0.25, 0.3) is 10.9 Å². The number of carbonyl (C=O) groups excluding carboxylic acids is 1. The van der Waals surface area contributed by atoms with Crippen molar-refractivity contribution >= 4 is 16.8 Å². The van der Waals surface area contributed by atoms with E-state index in [1.165, 1.54) is 5.56 Å². The van der Waals surface area contributed by atoms with Gasteiger partial charge >= 0.3 is 0 Å². The van der Waals surface area contributed by atoms with E-state index in [1.807, 2.05) is 52.1 Å². The zero-order chi connectivity index (χ0) is 20.9. The van der Waals surface area contributed by atoms with Crippen molar-refractivity contribution < 1.29 is 14.3 Å². The molecule has 0 aliphatic carbocycles. The molecule has 0 bridgehead atoms. The molecular weight excluding hydrogens is 378 g/mol. The Kier molecular flexibility index (Phi) is 6.23. The van der Waals surface area contributed by atoms with Crippen LogP contribution in [0.4, 0.5) is 0 Å². The van der Waals surface area contributed by atoms with Crippen molar-refractivity contribution in [2.75, 3.05) is 46.9 Å². The molecule has 0 N–H and O–H groups in total. The Hall–Kier alpha value is -2.99. The molecule has 0 saturated carbocycles. The predicted molar refractivity (Wildman–Crippen MR) is 118 cm³/mol. The van der Waals surface area contributed by atoms with Crippen LogP contribution in [-0.4, -0.2) is 67.2 Å². The second-order valence-electron chi connectivity index (χ2n) is 7.69. The van der Waals surface area contributed by atoms with E-state index < -0.39 is 0 Å². The van der Waals surface area contributed by atoms with Crippen molar-refractivity contribution in [2.45, 2.75) is 13.0 Å². The molecule has 2 heterocycles. The summed E-state index contributed by atoms with van der Waals surface area (Å²) >= 11 is 0. The number of aromatic nitrogens is 1. The maximum atomic E-state index is 12.8. The third-order valence-electron chi connectivity index (χ3n) is 5.88. The number of nitrogens with zero attached hydrogens (tertiary/aromatic N) is 3. The number of methoxy groups -OCH3 is 2. The van der Waals surface area contributed by atoms with Crippen molar-refractivity contribution in [3.8, 4) is 11.5 Å². The van der Waals surface area contributed by atoms with E-state index in [1.54, 1.807) is 14.2 Å². The SMILES string of the molecule is COc1ccc(CCN2CCN(C(=O)Cn3ccc4cc(OC)ccc43)CC2)cc1. The number of ether oxygens (including phenoxy) is 2. The van der Waals surface area contributed by atoms with Crippen LogP contribution in [0, 0.1) is 0 Å². The van der Waals surface area contributed by atoms with Crippen molar-refractivity contribution in [1.82, 2.24) is 14.4 Å². The van der Waals surface area contributed by atoms with Crippen molar-refractivity contribution in [3.63, 3.8) is 0 Å². The molecule has 1 aliphatic rings. The van der Waals surface area contributed by atoms with Crippen molar-refractivity contribution in [3.05, 3.63) is 60.3 Å². The van der Waals surface area contributed by atoms with Gasteiger partial charge in [0.25, 0.3) is 0 Å². The van der Waals surface area contributed by atoms with Gasteiger partial charge in [-0.2, -0.15) is 0 Å². The molecule has 30 heavy (non-hydrogen) atoms. The maximum Gasteiger partial charge on any atom is 0.242 e. The Morgan fingerprint density at radius 3 is 2.30 bits per heavy atom. The quantitative estimate of drug-likeness (QED) is 0.604. The lowest BCUT2D eigenvalue weighted by Crippen LogP contribution is -2.49. The fraction of sp³-hybridized carbons (Fsp3) is 0.375. The van der Waals surface area contributed by atoms with E-state index in [0.717, 1.165) is 61.5 Å². The zero-order valence-electron chi connectivity index (χ0n) is 17.7. The van der Waals surface area contributed by atoms with Gasteiger partial charge in [0.2, 0.25) is 5.91 Å². The Balaban J connectivity index is 1.27. The second-order valence-corrected chi connectivity index (χ2v) is 7.69. The Morgan fingerprint density at radius 2 is 1.60 bits per heavy atom. The van der Waals surface area contributed by atoms with Crippen molar-refractivity contribution in [2.24, 2.45) is 0 Å². The maximum absolute atomic E-state index is 12.8. The molecule has 3 aromatic rings. The molecular formula is C24H29N3O3. The van der Waals surface area contributed by atoms with Crippen LogP contribution in [0.3, 0.4) is 0 Å². The van der Waals surface area contributed by atoms with Gasteiger partial charge in [0.15, 0.2) is 0 Å². The lowest BCUT2D eigenvalue weighted by molar-refractivity contribution is -0.133. The van der Waals surface area contributed by atoms with Crippen LogP contribution in [0.2, 0.25) is 0 Å². The van der Waals surface area contributed by atoms with Crippen LogP contribution in [0.1, 0.15) is 5.56 Å². The first-order valence-electron chi connectivity index (χ1n) is 10.4. The highest BCUT2D eigenvalue weighted by Gasteiger charge is 2.21. The summed E-state index contributed by atoms with van der Waals surface area (Å²) in [5.41, 5.74) is 2.37. The minimum atomic E-state index is 0.179. The average molecular weight is 408 g/mol. The van der Waals surface area contributed by atoms with E-state index >= 15 is 0 Å². The topological polar surface area (TPSA) is 46.9 Å². The van der Waals surface area contributed by atoms with E-state index in [9.17, 15) is 4.79 Å². The Bertz CT molecular complexity index is 989. The number of hydrogen-bond acceptors (Lipinski definition) is 4. The van der Waals surface area contributed by atoms with E-state index in [-0.39, 0.29) is 5.91 Å². The summed E-state index contributed by atoms with van der Waals surface area (Å²) in [5, 5.41) is 1.09. The first-order chi connectivity index (χ1) is 14.7. The molecule has 0 spiro atoms. The molecule has 6 heteroatoms. The van der Waals surface area contributed by atoms with Gasteiger partial charge in [0, 0.05) is 49.8 Å². The smallest absolute Gasteiger partial charge is 0.242 e. The molecule has 1 aliphatic heterocycles. The zero-order valence-corrected chi connectivity index (χ0v) is 17.7. The first kappa shape index (κ1) is 20.3. The first-order valence-corrected chi connectivity index (χ1v) is 10.4. The van der Waals surface area contributed by atoms with Gasteiger partial charge in [-0.05, 0) is 48.4 Å². The Morgan fingerprint density at radius 1 is 0.900 bits per heavy atom. The molecule has 0 atom stereocenters. The van der Waals surface area contributed by atoms with Crippen LogP contribution < -0.4 is 9.47 Å². The number of carbonyl (C=O) groups is 1. The number of amides is 1. The standard InChI is InChI=1S/C24H29N3O3/c1-29-21-5-3-19(4-6-21)9-11-25-13-15-26(16-14-25)24(28)18-27-12-10-20-17-22(30-2)7-8-23(20)27/h3-8,10,12,17H,9,11,13-16,18H2,1-2H3. The highest BCUT2D eigenvalue weighted by molar-refractivity contribution is 5.84. The summed E-state index contributed by atoms with van der Waals surface area (Å²) in [6, 6.07) is 16.2. The van der Waals surface area contributed by atoms with Gasteiger partial charge in [0.05, 0.1) is 14.2 Å². The molecule has 1 amide bonds. The molecule has 2 aromatic carbocycles. The van der Waals surface area contributed by atoms with Crippen LogP contribution >= 0.6 is 0 Å². The summed E-state index contributed by atoms with van der Waals surface area (Å²) in [5.74, 6) is 1.90. The van der Waals surface area contributed by atoms with Crippen LogP contribution in [0.5, 0.6) is 11.5 Å². The van der Waals surface area contributed by atoms with Crippen LogP contribution in [-0.2, 0) is 17.8 Å². The van der Waals surface area contributed by atoms with Crippen molar-refractivity contribution in [1.29, 1.82) is 0 Å². The lowest BCUT2D eigenvalue weighted by atomic mass is 10.1. The summed E-state index contributed by atoms with van der Waals surface area (Å²) in [6.07, 6.45) is 2.99. The van der Waals surface area contributed by atoms with E-state index in [4.69, 9.17) is 9.47 Å². The van der Waals surface area contributed by atoms with Crippen LogP contribution in [0.15, 0.2) is 54.7 Å². The summed E-state index contributed by atoms with van der Waals surface area (Å²) in [6.45, 7) is 4.81. The number of benzene rings is 2. The fourth-order valence-electron chi connectivity index (χ4n) is 3.99. The summed E-state index contributed by atoms with van der Waals surface area (Å²) < 4.78 is 12.5. The second kappa shape index (κ2) is 9.22. The third-order valence-corrected chi connectivity index (χ3v) is 5.88. The third kappa shape index (κ3) is 4.60. The highest BCUT2D eigenvalue weighted by Crippen LogP contribution is 2.22. The molecule has 6 nitrogen and oxygen atoms in total. The number of hydrogen-bond donors (Lipinski definition) is 0. The van der Waals surface area contributed by atoms with Gasteiger partial charge in [-0.1, -0.05) is 12.1 Å². The minimum absolute atomic E-state index is 0.179. The number of fused-ring (bicyclic) bond motifs is 1. The largest absolute Gasteiger partial charge is 0.497 e. The summed E-state index contributed by atoms with van der Waals surface area (Å²) in [4.78, 5) is 17.2. The summed E-state index contributed by atoms with van der Waals surface area (Å²) in [7, 11) is 3.35. The molecule has 0 radical (unpaired) electrons. The molecule has 158 valence electrons. The molecule has 1 aromatic heterocycles. The monoisotopic (exact) mass is 407 g/mol. The van der Waals surface area contributed by atoms with Gasteiger partial charge in [-0.15, -0.1) is 0 Å². The lowest BCUT2D eigenvalue weighted by Gasteiger charge is -2.35. The number of piperazine rings is 1. The average Bonchev–Trinajstić information content (AvgIpc) is 3.20. The fourth-order valence-corrected chi connectivity index (χ4v) is 3.99. The molecule has 1 fully saturated rings. The number of rotatable bonds is 7. The molecule has 1 saturated heterocycles. The normalized spacial score (nSPS) is 14.8. The molecule has 0 unspecified atom stereocenters. The Labute approximate surface area is 177 Å². The van der Waals surface area contributed by atoms with E-state index in [0.29, 0.717) is 6.54 Å². The predicted octanol–water partition coefficient (Wildman–Crippen LogP) is 3.05. The minimum Gasteiger partial charge on any atom is -0.497 e. The van der Waals surface area contributed by atoms with Gasteiger partial charge < -0.3 is 18.9 Å².